The van der Waals surface area contributed by atoms with Gasteiger partial charge in [-0.3, -0.25) is 4.98 Å². The van der Waals surface area contributed by atoms with Crippen molar-refractivity contribution in [3.8, 4) is 67.3 Å². The van der Waals surface area contributed by atoms with Crippen LogP contribution in [0.15, 0.2) is 182 Å². The molecule has 0 aliphatic rings. The third kappa shape index (κ3) is 5.96. The third-order valence-electron chi connectivity index (χ3n) is 9.58. The van der Waals surface area contributed by atoms with Gasteiger partial charge in [-0.15, -0.1) is 0 Å². The van der Waals surface area contributed by atoms with Gasteiger partial charge in [0, 0.05) is 34.1 Å². The monoisotopic (exact) mass is 651 g/mol. The van der Waals surface area contributed by atoms with Crippen LogP contribution in [0.4, 0.5) is 0 Å². The van der Waals surface area contributed by atoms with Gasteiger partial charge in [-0.05, 0) is 92.7 Å². The molecular weight excluding hydrogens is 619 g/mol. The fourth-order valence-electron chi connectivity index (χ4n) is 6.98. The SMILES string of the molecule is Cc1ccc(-c2ccc(-c3cc(-c4nc(-c5ccccc5)cc(-c5ccccc5)n4)cc(-c4c5ccccc5cc5ccccc45)c3)cc2)cn1. The Balaban J connectivity index is 1.29. The zero-order chi connectivity index (χ0) is 34.1. The second-order valence-electron chi connectivity index (χ2n) is 13.0. The van der Waals surface area contributed by atoms with Crippen LogP contribution in [0.2, 0.25) is 0 Å². The van der Waals surface area contributed by atoms with E-state index in [2.05, 4.69) is 169 Å². The number of hydrogen-bond donors (Lipinski definition) is 0. The van der Waals surface area contributed by atoms with E-state index in [9.17, 15) is 0 Å². The summed E-state index contributed by atoms with van der Waals surface area (Å²) in [6.45, 7) is 2.01. The van der Waals surface area contributed by atoms with Gasteiger partial charge in [0.25, 0.3) is 0 Å². The molecule has 9 aromatic rings. The van der Waals surface area contributed by atoms with Gasteiger partial charge in [0.2, 0.25) is 0 Å². The molecule has 0 radical (unpaired) electrons. The van der Waals surface area contributed by atoms with Crippen molar-refractivity contribution in [2.24, 2.45) is 0 Å². The molecular formula is C48H33N3. The van der Waals surface area contributed by atoms with Crippen LogP contribution in [0, 0.1) is 6.92 Å². The molecule has 240 valence electrons. The summed E-state index contributed by atoms with van der Waals surface area (Å²) in [6, 6.07) is 62.2. The largest absolute Gasteiger partial charge is 0.261 e. The Morgan fingerprint density at radius 2 is 0.843 bits per heavy atom. The van der Waals surface area contributed by atoms with Crippen molar-refractivity contribution in [3.63, 3.8) is 0 Å². The summed E-state index contributed by atoms with van der Waals surface area (Å²) >= 11 is 0. The first-order valence-corrected chi connectivity index (χ1v) is 17.3. The molecule has 2 aromatic heterocycles. The summed E-state index contributed by atoms with van der Waals surface area (Å²) in [6.07, 6.45) is 1.94. The lowest BCUT2D eigenvalue weighted by molar-refractivity contribution is 1.18. The quantitative estimate of drug-likeness (QED) is 0.168. The van der Waals surface area contributed by atoms with Crippen LogP contribution < -0.4 is 0 Å². The maximum Gasteiger partial charge on any atom is 0.160 e. The molecule has 0 saturated carbocycles. The highest BCUT2D eigenvalue weighted by molar-refractivity contribution is 6.13. The zero-order valence-electron chi connectivity index (χ0n) is 28.2. The Hall–Kier alpha value is -6.71. The second-order valence-corrected chi connectivity index (χ2v) is 13.0. The van der Waals surface area contributed by atoms with Gasteiger partial charge < -0.3 is 0 Å². The molecule has 0 aliphatic carbocycles. The number of fused-ring (bicyclic) bond motifs is 2. The van der Waals surface area contributed by atoms with E-state index in [-0.39, 0.29) is 0 Å². The van der Waals surface area contributed by atoms with Gasteiger partial charge in [-0.25, -0.2) is 9.97 Å². The number of hydrogen-bond acceptors (Lipinski definition) is 3. The normalized spacial score (nSPS) is 11.2. The van der Waals surface area contributed by atoms with Crippen LogP contribution in [0.25, 0.3) is 88.8 Å². The Labute approximate surface area is 297 Å². The summed E-state index contributed by atoms with van der Waals surface area (Å²) in [5.41, 5.74) is 12.6. The average molecular weight is 652 g/mol. The van der Waals surface area contributed by atoms with E-state index in [4.69, 9.17) is 9.97 Å². The predicted molar refractivity (Wildman–Crippen MR) is 212 cm³/mol. The lowest BCUT2D eigenvalue weighted by Gasteiger charge is -2.16. The molecule has 0 fully saturated rings. The molecule has 3 nitrogen and oxygen atoms in total. The Kier molecular flexibility index (Phi) is 7.71. The number of rotatable bonds is 6. The Morgan fingerprint density at radius 3 is 1.41 bits per heavy atom. The molecule has 0 amide bonds. The first-order chi connectivity index (χ1) is 25.2. The molecule has 0 atom stereocenters. The average Bonchev–Trinajstić information content (AvgIpc) is 3.20. The molecule has 51 heavy (non-hydrogen) atoms. The second kappa shape index (κ2) is 13.0. The van der Waals surface area contributed by atoms with Gasteiger partial charge in [-0.1, -0.05) is 140 Å². The van der Waals surface area contributed by atoms with Crippen LogP contribution in [0.1, 0.15) is 5.69 Å². The standard InChI is InChI=1S/C48H33N3/c1-32-20-21-39(31-49-32)33-22-24-34(25-23-33)40-27-41(47-43-18-10-8-16-37(43)26-38-17-9-11-19-44(38)47)29-42(28-40)48-50-45(35-12-4-2-5-13-35)30-46(51-48)36-14-6-3-7-15-36/h2-31H,1H3. The van der Waals surface area contributed by atoms with Gasteiger partial charge in [-0.2, -0.15) is 0 Å². The number of aryl methyl sites for hydroxylation is 1. The lowest BCUT2D eigenvalue weighted by atomic mass is 9.89. The predicted octanol–water partition coefficient (Wildman–Crippen LogP) is 12.5. The van der Waals surface area contributed by atoms with Crippen LogP contribution in [-0.2, 0) is 0 Å². The van der Waals surface area contributed by atoms with E-state index >= 15 is 0 Å². The fourth-order valence-corrected chi connectivity index (χ4v) is 6.98. The molecule has 9 rings (SSSR count). The minimum atomic E-state index is 0.685. The molecule has 0 N–H and O–H groups in total. The van der Waals surface area contributed by atoms with E-state index in [0.29, 0.717) is 5.82 Å². The topological polar surface area (TPSA) is 38.7 Å². The highest BCUT2D eigenvalue weighted by atomic mass is 14.9. The highest BCUT2D eigenvalue weighted by Crippen LogP contribution is 2.40. The summed E-state index contributed by atoms with van der Waals surface area (Å²) < 4.78 is 0. The van der Waals surface area contributed by atoms with Crippen molar-refractivity contribution in [3.05, 3.63) is 188 Å². The van der Waals surface area contributed by atoms with E-state index in [1.165, 1.54) is 27.1 Å². The van der Waals surface area contributed by atoms with Crippen LogP contribution >= 0.6 is 0 Å². The van der Waals surface area contributed by atoms with Gasteiger partial charge >= 0.3 is 0 Å². The summed E-state index contributed by atoms with van der Waals surface area (Å²) in [7, 11) is 0. The molecule has 7 aromatic carbocycles. The molecule has 0 aliphatic heterocycles. The minimum absolute atomic E-state index is 0.685. The number of nitrogens with zero attached hydrogens (tertiary/aromatic N) is 3. The summed E-state index contributed by atoms with van der Waals surface area (Å²) in [4.78, 5) is 15.0. The maximum atomic E-state index is 5.24. The summed E-state index contributed by atoms with van der Waals surface area (Å²) in [5.74, 6) is 0.685. The van der Waals surface area contributed by atoms with Gasteiger partial charge in [0.15, 0.2) is 5.82 Å². The van der Waals surface area contributed by atoms with Crippen LogP contribution in [0.5, 0.6) is 0 Å². The van der Waals surface area contributed by atoms with Crippen molar-refractivity contribution in [1.82, 2.24) is 15.0 Å². The Bertz CT molecular complexity index is 2550. The first-order valence-electron chi connectivity index (χ1n) is 17.3. The third-order valence-corrected chi connectivity index (χ3v) is 9.58. The van der Waals surface area contributed by atoms with Crippen LogP contribution in [0.3, 0.4) is 0 Å². The van der Waals surface area contributed by atoms with E-state index < -0.39 is 0 Å². The molecule has 0 bridgehead atoms. The minimum Gasteiger partial charge on any atom is -0.261 e. The summed E-state index contributed by atoms with van der Waals surface area (Å²) in [5, 5.41) is 4.85. The van der Waals surface area contributed by atoms with Crippen molar-refractivity contribution < 1.29 is 0 Å². The van der Waals surface area contributed by atoms with E-state index in [1.54, 1.807) is 0 Å². The first kappa shape index (κ1) is 30.4. The zero-order valence-corrected chi connectivity index (χ0v) is 28.2. The maximum absolute atomic E-state index is 5.24. The molecule has 0 unspecified atom stereocenters. The van der Waals surface area contributed by atoms with Crippen molar-refractivity contribution in [2.45, 2.75) is 6.92 Å². The molecule has 3 heteroatoms. The van der Waals surface area contributed by atoms with Crippen LogP contribution in [-0.4, -0.2) is 15.0 Å². The molecule has 0 spiro atoms. The van der Waals surface area contributed by atoms with Crippen molar-refractivity contribution >= 4 is 21.5 Å². The smallest absolute Gasteiger partial charge is 0.160 e. The van der Waals surface area contributed by atoms with Crippen molar-refractivity contribution in [2.75, 3.05) is 0 Å². The molecule has 0 saturated heterocycles. The number of pyridine rings is 1. The highest BCUT2D eigenvalue weighted by Gasteiger charge is 2.16. The number of aromatic nitrogens is 3. The van der Waals surface area contributed by atoms with Gasteiger partial charge in [0.1, 0.15) is 0 Å². The number of benzene rings is 7. The van der Waals surface area contributed by atoms with E-state index in [1.807, 2.05) is 25.3 Å². The Morgan fingerprint density at radius 1 is 0.353 bits per heavy atom. The fraction of sp³-hybridized carbons (Fsp3) is 0.0208. The van der Waals surface area contributed by atoms with Gasteiger partial charge in [0.05, 0.1) is 11.4 Å². The van der Waals surface area contributed by atoms with Crippen molar-refractivity contribution in [1.29, 1.82) is 0 Å². The lowest BCUT2D eigenvalue weighted by Crippen LogP contribution is -1.97. The molecule has 2 heterocycles. The van der Waals surface area contributed by atoms with E-state index in [0.717, 1.165) is 61.6 Å².